The first-order valence-corrected chi connectivity index (χ1v) is 9.48. The van der Waals surface area contributed by atoms with Gasteiger partial charge in [0.2, 0.25) is 0 Å². The van der Waals surface area contributed by atoms with Crippen LogP contribution in [0.1, 0.15) is 22.5 Å². The Hall–Kier alpha value is -2.49. The molecule has 5 nitrogen and oxygen atoms in total. The zero-order chi connectivity index (χ0) is 20.8. The predicted molar refractivity (Wildman–Crippen MR) is 127 cm³/mol. The van der Waals surface area contributed by atoms with Gasteiger partial charge in [-0.2, -0.15) is 5.10 Å². The SMILES string of the molecule is CN=C(NCCc1cc(F)ccc1F)NCc1ccccc1-n1nc(C)cc1C.I. The van der Waals surface area contributed by atoms with Crippen LogP contribution in [0.3, 0.4) is 0 Å². The number of benzene rings is 2. The first-order chi connectivity index (χ1) is 14.0. The Balaban J connectivity index is 0.00000320. The van der Waals surface area contributed by atoms with Crippen LogP contribution in [0.5, 0.6) is 0 Å². The maximum atomic E-state index is 13.7. The average Bonchev–Trinajstić information content (AvgIpc) is 3.05. The fourth-order valence-electron chi connectivity index (χ4n) is 3.19. The molecule has 3 aromatic rings. The second-order valence-electron chi connectivity index (χ2n) is 6.81. The fourth-order valence-corrected chi connectivity index (χ4v) is 3.19. The molecular weight excluding hydrogens is 499 g/mol. The van der Waals surface area contributed by atoms with Crippen molar-refractivity contribution in [3.05, 3.63) is 82.7 Å². The van der Waals surface area contributed by atoms with E-state index in [1.165, 1.54) is 6.07 Å². The van der Waals surface area contributed by atoms with Gasteiger partial charge in [0.1, 0.15) is 11.6 Å². The molecule has 0 unspecified atom stereocenters. The highest BCUT2D eigenvalue weighted by atomic mass is 127. The van der Waals surface area contributed by atoms with Crippen LogP contribution in [-0.2, 0) is 13.0 Å². The van der Waals surface area contributed by atoms with Crippen LogP contribution >= 0.6 is 24.0 Å². The van der Waals surface area contributed by atoms with Gasteiger partial charge < -0.3 is 10.6 Å². The normalized spacial score (nSPS) is 11.2. The molecule has 0 radical (unpaired) electrons. The lowest BCUT2D eigenvalue weighted by Crippen LogP contribution is -2.38. The van der Waals surface area contributed by atoms with Crippen LogP contribution in [-0.4, -0.2) is 29.3 Å². The summed E-state index contributed by atoms with van der Waals surface area (Å²) in [6.07, 6.45) is 0.354. The van der Waals surface area contributed by atoms with Gasteiger partial charge in [0, 0.05) is 25.8 Å². The van der Waals surface area contributed by atoms with Crippen LogP contribution in [0.4, 0.5) is 8.78 Å². The summed E-state index contributed by atoms with van der Waals surface area (Å²) in [6.45, 7) is 4.97. The second kappa shape index (κ2) is 11.1. The molecule has 0 bridgehead atoms. The smallest absolute Gasteiger partial charge is 0.191 e. The zero-order valence-corrected chi connectivity index (χ0v) is 19.6. The van der Waals surface area contributed by atoms with Gasteiger partial charge in [0.25, 0.3) is 0 Å². The molecule has 2 aromatic carbocycles. The van der Waals surface area contributed by atoms with Gasteiger partial charge >= 0.3 is 0 Å². The zero-order valence-electron chi connectivity index (χ0n) is 17.2. The van der Waals surface area contributed by atoms with E-state index in [0.29, 0.717) is 31.0 Å². The number of guanidine groups is 1. The molecule has 0 saturated carbocycles. The molecule has 160 valence electrons. The molecule has 2 N–H and O–H groups in total. The summed E-state index contributed by atoms with van der Waals surface area (Å²) >= 11 is 0. The lowest BCUT2D eigenvalue weighted by atomic mass is 10.1. The quantitative estimate of drug-likeness (QED) is 0.287. The molecule has 30 heavy (non-hydrogen) atoms. The Bertz CT molecular complexity index is 1020. The Morgan fingerprint density at radius 2 is 1.80 bits per heavy atom. The Kier molecular flexibility index (Phi) is 8.76. The number of hydrogen-bond donors (Lipinski definition) is 2. The summed E-state index contributed by atoms with van der Waals surface area (Å²) in [5.74, 6) is -0.260. The van der Waals surface area contributed by atoms with E-state index in [1.54, 1.807) is 7.05 Å². The molecule has 0 aliphatic heterocycles. The summed E-state index contributed by atoms with van der Waals surface area (Å²) in [5.41, 5.74) is 4.44. The first kappa shape index (κ1) is 23.8. The van der Waals surface area contributed by atoms with Crippen molar-refractivity contribution in [3.8, 4) is 5.69 Å². The minimum atomic E-state index is -0.440. The highest BCUT2D eigenvalue weighted by Gasteiger charge is 2.09. The van der Waals surface area contributed by atoms with Crippen molar-refractivity contribution in [1.29, 1.82) is 0 Å². The van der Waals surface area contributed by atoms with Gasteiger partial charge in [-0.25, -0.2) is 13.5 Å². The van der Waals surface area contributed by atoms with Crippen molar-refractivity contribution in [3.63, 3.8) is 0 Å². The number of aryl methyl sites for hydroxylation is 2. The van der Waals surface area contributed by atoms with E-state index >= 15 is 0 Å². The molecule has 1 heterocycles. The number of nitrogens with zero attached hydrogens (tertiary/aromatic N) is 3. The summed E-state index contributed by atoms with van der Waals surface area (Å²) in [6, 6.07) is 13.5. The summed E-state index contributed by atoms with van der Waals surface area (Å²) in [5, 5.41) is 11.0. The van der Waals surface area contributed by atoms with Crippen molar-refractivity contribution in [1.82, 2.24) is 20.4 Å². The number of aromatic nitrogens is 2. The van der Waals surface area contributed by atoms with Gasteiger partial charge in [0.05, 0.1) is 11.4 Å². The van der Waals surface area contributed by atoms with E-state index in [2.05, 4.69) is 20.7 Å². The molecule has 3 rings (SSSR count). The molecule has 0 fully saturated rings. The molecule has 0 saturated heterocycles. The van der Waals surface area contributed by atoms with Crippen LogP contribution < -0.4 is 10.6 Å². The van der Waals surface area contributed by atoms with Crippen molar-refractivity contribution < 1.29 is 8.78 Å². The van der Waals surface area contributed by atoms with Gasteiger partial charge in [-0.05, 0) is 61.7 Å². The largest absolute Gasteiger partial charge is 0.356 e. The van der Waals surface area contributed by atoms with E-state index in [0.717, 1.165) is 34.8 Å². The van der Waals surface area contributed by atoms with Crippen molar-refractivity contribution in [2.75, 3.05) is 13.6 Å². The molecule has 8 heteroatoms. The van der Waals surface area contributed by atoms with Crippen LogP contribution in [0, 0.1) is 25.5 Å². The molecule has 0 amide bonds. The highest BCUT2D eigenvalue weighted by Crippen LogP contribution is 2.17. The van der Waals surface area contributed by atoms with E-state index in [9.17, 15) is 8.78 Å². The molecule has 0 spiro atoms. The molecule has 0 aliphatic rings. The number of halogens is 3. The van der Waals surface area contributed by atoms with Crippen LogP contribution in [0.2, 0.25) is 0 Å². The Morgan fingerprint density at radius 1 is 1.03 bits per heavy atom. The van der Waals surface area contributed by atoms with E-state index in [4.69, 9.17) is 0 Å². The standard InChI is InChI=1S/C22H25F2N5.HI/c1-15-12-16(2)29(28-15)21-7-5-4-6-18(21)14-27-22(25-3)26-11-10-17-13-19(23)8-9-20(17)24;/h4-9,12-13H,10-11,14H2,1-3H3,(H2,25,26,27);1H. The van der Waals surface area contributed by atoms with Gasteiger partial charge in [-0.1, -0.05) is 18.2 Å². The summed E-state index contributed by atoms with van der Waals surface area (Å²) in [4.78, 5) is 4.20. The first-order valence-electron chi connectivity index (χ1n) is 9.48. The third-order valence-electron chi connectivity index (χ3n) is 4.59. The number of rotatable bonds is 6. The maximum Gasteiger partial charge on any atom is 0.191 e. The van der Waals surface area contributed by atoms with Gasteiger partial charge in [-0.3, -0.25) is 4.99 Å². The monoisotopic (exact) mass is 525 g/mol. The highest BCUT2D eigenvalue weighted by molar-refractivity contribution is 14.0. The minimum Gasteiger partial charge on any atom is -0.356 e. The van der Waals surface area contributed by atoms with E-state index in [1.807, 2.05) is 48.9 Å². The van der Waals surface area contributed by atoms with Crippen molar-refractivity contribution in [2.45, 2.75) is 26.8 Å². The second-order valence-corrected chi connectivity index (χ2v) is 6.81. The van der Waals surface area contributed by atoms with E-state index in [-0.39, 0.29) is 24.0 Å². The number of nitrogens with one attached hydrogen (secondary N) is 2. The Morgan fingerprint density at radius 3 is 2.50 bits per heavy atom. The minimum absolute atomic E-state index is 0. The summed E-state index contributed by atoms with van der Waals surface area (Å²) < 4.78 is 28.9. The molecule has 0 aliphatic carbocycles. The van der Waals surface area contributed by atoms with Crippen molar-refractivity contribution in [2.24, 2.45) is 4.99 Å². The average molecular weight is 525 g/mol. The third kappa shape index (κ3) is 6.01. The lowest BCUT2D eigenvalue weighted by Gasteiger charge is -2.15. The van der Waals surface area contributed by atoms with Crippen molar-refractivity contribution >= 4 is 29.9 Å². The topological polar surface area (TPSA) is 54.2 Å². The molecular formula is C22H26F2IN5. The maximum absolute atomic E-state index is 13.7. The Labute approximate surface area is 192 Å². The van der Waals surface area contributed by atoms with Gasteiger partial charge in [0.15, 0.2) is 5.96 Å². The molecule has 0 atom stereocenters. The third-order valence-corrected chi connectivity index (χ3v) is 4.59. The lowest BCUT2D eigenvalue weighted by molar-refractivity contribution is 0.583. The number of aliphatic imine (C=N–C) groups is 1. The van der Waals surface area contributed by atoms with Gasteiger partial charge in [-0.15, -0.1) is 24.0 Å². The van der Waals surface area contributed by atoms with Crippen LogP contribution in [0.15, 0.2) is 53.5 Å². The number of hydrogen-bond acceptors (Lipinski definition) is 2. The number of para-hydroxylation sites is 1. The molecule has 1 aromatic heterocycles. The fraction of sp³-hybridized carbons (Fsp3) is 0.273. The van der Waals surface area contributed by atoms with E-state index < -0.39 is 11.6 Å². The predicted octanol–water partition coefficient (Wildman–Crippen LogP) is 4.29. The summed E-state index contributed by atoms with van der Waals surface area (Å²) in [7, 11) is 1.67. The van der Waals surface area contributed by atoms with Crippen LogP contribution in [0.25, 0.3) is 5.69 Å².